The fraction of sp³-hybridized carbons (Fsp3) is 0.333. The van der Waals surface area contributed by atoms with Crippen molar-refractivity contribution >= 4 is 46.0 Å². The maximum atomic E-state index is 13.3. The van der Waals surface area contributed by atoms with Crippen LogP contribution in [0.25, 0.3) is 0 Å². The number of ether oxygens (including phenoxy) is 1. The maximum absolute atomic E-state index is 13.3. The van der Waals surface area contributed by atoms with Gasteiger partial charge in [0.05, 0.1) is 16.2 Å². The third kappa shape index (κ3) is 7.55. The lowest BCUT2D eigenvalue weighted by molar-refractivity contribution is -0.139. The number of aliphatic hydroxyl groups excluding tert-OH is 2. The number of nitrogens with one attached hydrogen (secondary N) is 1. The Morgan fingerprint density at radius 3 is 2.61 bits per heavy atom. The first-order valence-electron chi connectivity index (χ1n) is 11.7. The highest BCUT2D eigenvalue weighted by Gasteiger charge is 2.40. The van der Waals surface area contributed by atoms with E-state index in [0.717, 1.165) is 9.13 Å². The second kappa shape index (κ2) is 13.8. The number of carbonyl (C=O) groups excluding carboxylic acids is 2. The second-order valence-corrected chi connectivity index (χ2v) is 10.0. The number of hydrogen-bond donors (Lipinski definition) is 3. The zero-order chi connectivity index (χ0) is 26.1. The number of allylic oxidation sites excluding steroid dienone is 1. The van der Waals surface area contributed by atoms with Crippen molar-refractivity contribution in [3.05, 3.63) is 87.0 Å². The molecule has 36 heavy (non-hydrogen) atoms. The quantitative estimate of drug-likeness (QED) is 0.261. The average molecular weight is 625 g/mol. The molecule has 7 nitrogen and oxygen atoms in total. The van der Waals surface area contributed by atoms with Crippen LogP contribution in [0.4, 0.5) is 0 Å². The standard InChI is InChI=1S/C27H30ClIN2O5/c1-2-3-8-25(33)31(17-18-9-11-20(28)12-10-18)22-15-19(27(35)30-13-14-32)16-24(26(22)34)36-23-7-5-4-6-21(23)29/h2,4-7,9-12,16,22,24,26,32,34H,1,3,8,13-15,17H2,(H,30,35)/t22-,24+,26+/m1/s1. The van der Waals surface area contributed by atoms with Crippen LogP contribution in [-0.4, -0.2) is 58.3 Å². The van der Waals surface area contributed by atoms with Crippen molar-refractivity contribution in [1.82, 2.24) is 10.2 Å². The fourth-order valence-corrected chi connectivity index (χ4v) is 4.65. The molecule has 0 aromatic heterocycles. The molecule has 0 saturated carbocycles. The number of carbonyl (C=O) groups is 2. The molecular weight excluding hydrogens is 595 g/mol. The van der Waals surface area contributed by atoms with Crippen LogP contribution in [0.15, 0.2) is 72.8 Å². The second-order valence-electron chi connectivity index (χ2n) is 8.42. The topological polar surface area (TPSA) is 99.1 Å². The van der Waals surface area contributed by atoms with Gasteiger partial charge in [-0.05, 0) is 64.9 Å². The molecule has 2 aromatic carbocycles. The Bertz CT molecular complexity index is 1090. The van der Waals surface area contributed by atoms with Crippen molar-refractivity contribution < 1.29 is 24.5 Å². The smallest absolute Gasteiger partial charge is 0.247 e. The molecule has 0 aliphatic heterocycles. The van der Waals surface area contributed by atoms with E-state index >= 15 is 0 Å². The summed E-state index contributed by atoms with van der Waals surface area (Å²) >= 11 is 8.18. The minimum Gasteiger partial charge on any atom is -0.482 e. The number of benzene rings is 2. The summed E-state index contributed by atoms with van der Waals surface area (Å²) in [5, 5.41) is 23.8. The van der Waals surface area contributed by atoms with Crippen molar-refractivity contribution in [2.24, 2.45) is 0 Å². The Morgan fingerprint density at radius 1 is 1.22 bits per heavy atom. The molecule has 1 aliphatic carbocycles. The Labute approximate surface area is 229 Å². The van der Waals surface area contributed by atoms with E-state index in [1.54, 1.807) is 35.3 Å². The molecule has 2 aromatic rings. The van der Waals surface area contributed by atoms with E-state index in [0.29, 0.717) is 22.8 Å². The molecule has 9 heteroatoms. The van der Waals surface area contributed by atoms with Gasteiger partial charge < -0.3 is 25.2 Å². The van der Waals surface area contributed by atoms with Crippen LogP contribution in [-0.2, 0) is 16.1 Å². The van der Waals surface area contributed by atoms with Crippen LogP contribution in [0.5, 0.6) is 5.75 Å². The SMILES string of the molecule is C=CCCC(=O)N(Cc1ccc(Cl)cc1)[C@@H]1CC(C(=O)NCCO)=C[C@H](Oc2ccccc2I)[C@H]1O. The molecule has 3 N–H and O–H groups in total. The summed E-state index contributed by atoms with van der Waals surface area (Å²) in [5.74, 6) is 0.0256. The van der Waals surface area contributed by atoms with Crippen LogP contribution < -0.4 is 10.1 Å². The van der Waals surface area contributed by atoms with Crippen LogP contribution in [0.1, 0.15) is 24.8 Å². The normalized spacial score (nSPS) is 19.2. The molecule has 0 spiro atoms. The van der Waals surface area contributed by atoms with Crippen LogP contribution in [0.3, 0.4) is 0 Å². The first-order valence-corrected chi connectivity index (χ1v) is 13.1. The number of rotatable bonds is 11. The van der Waals surface area contributed by atoms with Gasteiger partial charge in [-0.15, -0.1) is 6.58 Å². The summed E-state index contributed by atoms with van der Waals surface area (Å²) in [4.78, 5) is 27.8. The van der Waals surface area contributed by atoms with Crippen molar-refractivity contribution in [3.63, 3.8) is 0 Å². The predicted molar refractivity (Wildman–Crippen MR) is 148 cm³/mol. The molecule has 0 bridgehead atoms. The van der Waals surface area contributed by atoms with Gasteiger partial charge in [-0.2, -0.15) is 0 Å². The monoisotopic (exact) mass is 624 g/mol. The molecule has 0 heterocycles. The van der Waals surface area contributed by atoms with Crippen LogP contribution >= 0.6 is 34.2 Å². The van der Waals surface area contributed by atoms with E-state index in [1.165, 1.54) is 0 Å². The molecular formula is C27H30ClIN2O5. The van der Waals surface area contributed by atoms with Crippen LogP contribution in [0.2, 0.25) is 5.02 Å². The van der Waals surface area contributed by atoms with Crippen molar-refractivity contribution in [3.8, 4) is 5.75 Å². The van der Waals surface area contributed by atoms with Gasteiger partial charge in [0.2, 0.25) is 11.8 Å². The molecule has 0 radical (unpaired) electrons. The Balaban J connectivity index is 1.96. The third-order valence-corrected chi connectivity index (χ3v) is 7.01. The van der Waals surface area contributed by atoms with Gasteiger partial charge in [-0.25, -0.2) is 0 Å². The summed E-state index contributed by atoms with van der Waals surface area (Å²) in [6, 6.07) is 13.8. The minimum absolute atomic E-state index is 0.0955. The first-order chi connectivity index (χ1) is 17.3. The molecule has 3 atom stereocenters. The summed E-state index contributed by atoms with van der Waals surface area (Å²) in [6.45, 7) is 3.84. The van der Waals surface area contributed by atoms with E-state index in [9.17, 15) is 14.7 Å². The number of nitrogens with zero attached hydrogens (tertiary/aromatic N) is 1. The predicted octanol–water partition coefficient (Wildman–Crippen LogP) is 3.86. The number of aliphatic hydroxyl groups is 2. The Morgan fingerprint density at radius 2 is 1.94 bits per heavy atom. The Kier molecular flexibility index (Phi) is 10.8. The van der Waals surface area contributed by atoms with Gasteiger partial charge in [0, 0.05) is 36.5 Å². The first kappa shape index (κ1) is 28.2. The van der Waals surface area contributed by atoms with E-state index in [-0.39, 0.29) is 44.4 Å². The fourth-order valence-electron chi connectivity index (χ4n) is 4.01. The van der Waals surface area contributed by atoms with E-state index in [4.69, 9.17) is 21.4 Å². The maximum Gasteiger partial charge on any atom is 0.247 e. The van der Waals surface area contributed by atoms with Crippen LogP contribution in [0, 0.1) is 3.57 Å². The highest BCUT2D eigenvalue weighted by Crippen LogP contribution is 2.31. The average Bonchev–Trinajstić information content (AvgIpc) is 2.88. The van der Waals surface area contributed by atoms with Gasteiger partial charge in [0.15, 0.2) is 0 Å². The third-order valence-electron chi connectivity index (χ3n) is 5.86. The number of halogens is 2. The zero-order valence-corrected chi connectivity index (χ0v) is 22.7. The van der Waals surface area contributed by atoms with Crippen molar-refractivity contribution in [2.45, 2.75) is 44.1 Å². The molecule has 0 fully saturated rings. The number of amides is 2. The van der Waals surface area contributed by atoms with E-state index < -0.39 is 18.2 Å². The summed E-state index contributed by atoms with van der Waals surface area (Å²) in [7, 11) is 0. The molecule has 0 unspecified atom stereocenters. The highest BCUT2D eigenvalue weighted by atomic mass is 127. The minimum atomic E-state index is -1.09. The van der Waals surface area contributed by atoms with E-state index in [2.05, 4.69) is 34.5 Å². The summed E-state index contributed by atoms with van der Waals surface area (Å²) in [6.07, 6.45) is 2.17. The highest BCUT2D eigenvalue weighted by molar-refractivity contribution is 14.1. The molecule has 3 rings (SSSR count). The van der Waals surface area contributed by atoms with Gasteiger partial charge in [0.25, 0.3) is 0 Å². The molecule has 2 amide bonds. The zero-order valence-electron chi connectivity index (χ0n) is 19.8. The summed E-state index contributed by atoms with van der Waals surface area (Å²) < 4.78 is 7.01. The van der Waals surface area contributed by atoms with Gasteiger partial charge >= 0.3 is 0 Å². The largest absolute Gasteiger partial charge is 0.482 e. The van der Waals surface area contributed by atoms with Gasteiger partial charge in [-0.1, -0.05) is 41.9 Å². The van der Waals surface area contributed by atoms with Gasteiger partial charge in [0.1, 0.15) is 18.0 Å². The molecule has 192 valence electrons. The van der Waals surface area contributed by atoms with Crippen molar-refractivity contribution in [2.75, 3.05) is 13.2 Å². The van der Waals surface area contributed by atoms with Crippen molar-refractivity contribution in [1.29, 1.82) is 0 Å². The lowest BCUT2D eigenvalue weighted by atomic mass is 9.87. The molecule has 1 aliphatic rings. The van der Waals surface area contributed by atoms with Gasteiger partial charge in [-0.3, -0.25) is 9.59 Å². The van der Waals surface area contributed by atoms with E-state index in [1.807, 2.05) is 30.3 Å². The number of para-hydroxylation sites is 1. The summed E-state index contributed by atoms with van der Waals surface area (Å²) in [5.41, 5.74) is 1.22. The Hall–Kier alpha value is -2.40. The lowest BCUT2D eigenvalue weighted by Crippen LogP contribution is -2.54. The lowest BCUT2D eigenvalue weighted by Gasteiger charge is -2.40. The molecule has 0 saturated heterocycles. The number of hydrogen-bond acceptors (Lipinski definition) is 5.